The van der Waals surface area contributed by atoms with Gasteiger partial charge < -0.3 is 24.3 Å². The van der Waals surface area contributed by atoms with Crippen LogP contribution in [0.15, 0.2) is 96.1 Å². The smallest absolute Gasteiger partial charge is 0.336 e. The van der Waals surface area contributed by atoms with Gasteiger partial charge in [0.25, 0.3) is 17.5 Å². The normalized spacial score (nSPS) is 10.8. The highest BCUT2D eigenvalue weighted by Gasteiger charge is 2.14. The number of benzene rings is 4. The van der Waals surface area contributed by atoms with Crippen LogP contribution in [0, 0.1) is 10.1 Å². The van der Waals surface area contributed by atoms with E-state index in [1.54, 1.807) is 61.5 Å². The average Bonchev–Trinajstić information content (AvgIpc) is 3.09. The Labute approximate surface area is 282 Å². The molecule has 0 saturated heterocycles. The van der Waals surface area contributed by atoms with Crippen LogP contribution in [0.4, 0.5) is 11.4 Å². The number of esters is 1. The fraction of sp³-hybridized carbons (Fsp3) is 0.167. The Kier molecular flexibility index (Phi) is 12.6. The summed E-state index contributed by atoms with van der Waals surface area (Å²) in [4.78, 5) is 48.7. The van der Waals surface area contributed by atoms with Crippen LogP contribution in [0.2, 0.25) is 0 Å². The van der Waals surface area contributed by atoms with E-state index in [-0.39, 0.29) is 29.4 Å². The van der Waals surface area contributed by atoms with Crippen molar-refractivity contribution in [2.45, 2.75) is 20.8 Å². The van der Waals surface area contributed by atoms with Crippen LogP contribution in [0.5, 0.6) is 23.0 Å². The lowest BCUT2D eigenvalue weighted by Gasteiger charge is -2.12. The SMILES string of the molecule is CCOc1ccc(C(=O)Nc2cccc(C(=O)NN=Cc3ccc(OC(=O)/C=C/c4cccc([N+](=O)[O-])c4)c(OCC)c3)c2)cc1OCC. The number of rotatable bonds is 15. The van der Waals surface area contributed by atoms with Gasteiger partial charge >= 0.3 is 5.97 Å². The molecule has 0 spiro atoms. The number of nitro groups is 1. The lowest BCUT2D eigenvalue weighted by molar-refractivity contribution is -0.384. The van der Waals surface area contributed by atoms with E-state index in [0.717, 1.165) is 6.08 Å². The summed E-state index contributed by atoms with van der Waals surface area (Å²) in [5.74, 6) is -0.211. The molecule has 0 heterocycles. The standard InChI is InChI=1S/C36H34N4O9/c1-4-46-30-17-15-27(22-33(30)48-6-3)35(42)38-28-11-8-10-26(21-28)36(43)39-37-23-25-13-16-31(32(20-25)47-5-2)49-34(41)18-14-24-9-7-12-29(19-24)40(44)45/h7-23H,4-6H2,1-3H3,(H,38,42)(H,39,43)/b18-14+,37-23?. The Hall–Kier alpha value is -6.50. The first kappa shape index (κ1) is 35.4. The number of non-ortho nitro benzene ring substituents is 1. The van der Waals surface area contributed by atoms with Gasteiger partial charge in [-0.25, -0.2) is 10.2 Å². The summed E-state index contributed by atoms with van der Waals surface area (Å²) >= 11 is 0. The number of nitrogens with one attached hydrogen (secondary N) is 2. The molecule has 0 radical (unpaired) electrons. The van der Waals surface area contributed by atoms with Gasteiger partial charge in [-0.05, 0) is 92.6 Å². The van der Waals surface area contributed by atoms with E-state index in [4.69, 9.17) is 18.9 Å². The van der Waals surface area contributed by atoms with Gasteiger partial charge in [0.1, 0.15) is 0 Å². The first-order chi connectivity index (χ1) is 23.7. The second-order valence-electron chi connectivity index (χ2n) is 10.0. The van der Waals surface area contributed by atoms with Crippen LogP contribution in [0.25, 0.3) is 6.08 Å². The molecule has 13 heteroatoms. The number of hydrogen-bond acceptors (Lipinski definition) is 10. The second-order valence-corrected chi connectivity index (χ2v) is 10.0. The largest absolute Gasteiger partial charge is 0.490 e. The summed E-state index contributed by atoms with van der Waals surface area (Å²) in [6.07, 6.45) is 3.95. The van der Waals surface area contributed by atoms with Crippen LogP contribution >= 0.6 is 0 Å². The molecule has 4 rings (SSSR count). The Balaban J connectivity index is 1.37. The van der Waals surface area contributed by atoms with Crippen molar-refractivity contribution in [2.75, 3.05) is 25.1 Å². The van der Waals surface area contributed by atoms with E-state index in [1.807, 2.05) is 13.8 Å². The number of anilines is 1. The van der Waals surface area contributed by atoms with Crippen molar-refractivity contribution in [3.63, 3.8) is 0 Å². The third-order valence-corrected chi connectivity index (χ3v) is 6.54. The zero-order chi connectivity index (χ0) is 35.2. The monoisotopic (exact) mass is 666 g/mol. The molecule has 2 amide bonds. The number of carbonyl (C=O) groups excluding carboxylic acids is 3. The third-order valence-electron chi connectivity index (χ3n) is 6.54. The Bertz CT molecular complexity index is 1890. The van der Waals surface area contributed by atoms with Gasteiger partial charge in [0.05, 0.1) is 31.0 Å². The Morgan fingerprint density at radius 2 is 1.41 bits per heavy atom. The molecule has 0 unspecified atom stereocenters. The van der Waals surface area contributed by atoms with Gasteiger partial charge in [-0.15, -0.1) is 0 Å². The zero-order valence-electron chi connectivity index (χ0n) is 27.0. The summed E-state index contributed by atoms with van der Waals surface area (Å²) in [5, 5.41) is 17.8. The maximum atomic E-state index is 12.9. The first-order valence-corrected chi connectivity index (χ1v) is 15.3. The summed E-state index contributed by atoms with van der Waals surface area (Å²) in [6, 6.07) is 21.8. The van der Waals surface area contributed by atoms with Gasteiger partial charge in [-0.2, -0.15) is 5.10 Å². The Morgan fingerprint density at radius 3 is 2.14 bits per heavy atom. The third kappa shape index (κ3) is 10.2. The van der Waals surface area contributed by atoms with Gasteiger partial charge in [0.2, 0.25) is 0 Å². The quantitative estimate of drug-likeness (QED) is 0.0363. The van der Waals surface area contributed by atoms with Crippen molar-refractivity contribution in [3.05, 3.63) is 123 Å². The van der Waals surface area contributed by atoms with E-state index >= 15 is 0 Å². The lowest BCUT2D eigenvalue weighted by Crippen LogP contribution is -2.18. The van der Waals surface area contributed by atoms with Crippen LogP contribution in [0.1, 0.15) is 52.6 Å². The predicted molar refractivity (Wildman–Crippen MR) is 184 cm³/mol. The maximum absolute atomic E-state index is 12.9. The molecule has 0 aromatic heterocycles. The van der Waals surface area contributed by atoms with E-state index in [1.165, 1.54) is 42.6 Å². The van der Waals surface area contributed by atoms with Gasteiger partial charge in [0.15, 0.2) is 23.0 Å². The molecular formula is C36H34N4O9. The molecule has 0 saturated carbocycles. The van der Waals surface area contributed by atoms with Crippen molar-refractivity contribution in [3.8, 4) is 23.0 Å². The summed E-state index contributed by atoms with van der Waals surface area (Å²) in [7, 11) is 0. The number of hydrogen-bond donors (Lipinski definition) is 2. The fourth-order valence-corrected chi connectivity index (χ4v) is 4.37. The fourth-order valence-electron chi connectivity index (χ4n) is 4.37. The number of carbonyl (C=O) groups is 3. The number of ether oxygens (including phenoxy) is 4. The van der Waals surface area contributed by atoms with E-state index < -0.39 is 22.7 Å². The summed E-state index contributed by atoms with van der Waals surface area (Å²) < 4.78 is 22.2. The number of amides is 2. The molecule has 0 fully saturated rings. The predicted octanol–water partition coefficient (Wildman–Crippen LogP) is 6.43. The summed E-state index contributed by atoms with van der Waals surface area (Å²) in [5.41, 5.74) is 4.37. The van der Waals surface area contributed by atoms with Crippen molar-refractivity contribution >= 4 is 41.4 Å². The highest BCUT2D eigenvalue weighted by atomic mass is 16.6. The van der Waals surface area contributed by atoms with E-state index in [2.05, 4.69) is 15.8 Å². The number of nitro benzene ring substituents is 1. The molecule has 2 N–H and O–H groups in total. The molecule has 0 aliphatic heterocycles. The maximum Gasteiger partial charge on any atom is 0.336 e. The molecule has 252 valence electrons. The van der Waals surface area contributed by atoms with Crippen molar-refractivity contribution in [1.82, 2.24) is 5.43 Å². The highest BCUT2D eigenvalue weighted by molar-refractivity contribution is 6.05. The Morgan fingerprint density at radius 1 is 0.735 bits per heavy atom. The minimum Gasteiger partial charge on any atom is -0.490 e. The topological polar surface area (TPSA) is 168 Å². The molecule has 0 atom stereocenters. The molecule has 49 heavy (non-hydrogen) atoms. The zero-order valence-corrected chi connectivity index (χ0v) is 27.0. The van der Waals surface area contributed by atoms with Gasteiger partial charge in [0, 0.05) is 35.0 Å². The van der Waals surface area contributed by atoms with Crippen LogP contribution in [0.3, 0.4) is 0 Å². The van der Waals surface area contributed by atoms with Gasteiger partial charge in [-0.3, -0.25) is 19.7 Å². The van der Waals surface area contributed by atoms with E-state index in [0.29, 0.717) is 47.1 Å². The van der Waals surface area contributed by atoms with Crippen LogP contribution in [-0.4, -0.2) is 48.7 Å². The number of hydrazone groups is 1. The highest BCUT2D eigenvalue weighted by Crippen LogP contribution is 2.30. The minimum atomic E-state index is -0.714. The number of nitrogens with zero attached hydrogens (tertiary/aromatic N) is 2. The van der Waals surface area contributed by atoms with Crippen molar-refractivity contribution in [2.24, 2.45) is 5.10 Å². The van der Waals surface area contributed by atoms with Gasteiger partial charge in [-0.1, -0.05) is 18.2 Å². The summed E-state index contributed by atoms with van der Waals surface area (Å²) in [6.45, 7) is 6.61. The van der Waals surface area contributed by atoms with E-state index in [9.17, 15) is 24.5 Å². The molecule has 0 aliphatic rings. The molecule has 0 aliphatic carbocycles. The first-order valence-electron chi connectivity index (χ1n) is 15.3. The molecule has 0 bridgehead atoms. The van der Waals surface area contributed by atoms with Crippen LogP contribution < -0.4 is 29.7 Å². The molecular weight excluding hydrogens is 632 g/mol. The second kappa shape index (κ2) is 17.4. The van der Waals surface area contributed by atoms with Crippen molar-refractivity contribution < 1.29 is 38.3 Å². The minimum absolute atomic E-state index is 0.0994. The molecule has 4 aromatic rings. The van der Waals surface area contributed by atoms with Crippen molar-refractivity contribution in [1.29, 1.82) is 0 Å². The van der Waals surface area contributed by atoms with Crippen LogP contribution in [-0.2, 0) is 4.79 Å². The molecule has 13 nitrogen and oxygen atoms in total. The lowest BCUT2D eigenvalue weighted by atomic mass is 10.1. The molecule has 4 aromatic carbocycles. The average molecular weight is 667 g/mol.